The molecule has 0 saturated heterocycles. The number of pyridine rings is 1. The molecule has 1 aromatic heterocycles. The van der Waals surface area contributed by atoms with E-state index in [1.165, 1.54) is 12.3 Å². The number of hydrogen-bond donors (Lipinski definition) is 1. The Morgan fingerprint density at radius 2 is 2.00 bits per heavy atom. The molecule has 0 bridgehead atoms. The molecule has 1 atom stereocenters. The molecule has 20 heavy (non-hydrogen) atoms. The summed E-state index contributed by atoms with van der Waals surface area (Å²) < 4.78 is 1.97. The average Bonchev–Trinajstić information content (AvgIpc) is 2.42. The summed E-state index contributed by atoms with van der Waals surface area (Å²) in [5.41, 5.74) is 0.558. The maximum Gasteiger partial charge on any atom is 0.223 e. The van der Waals surface area contributed by atoms with Crippen LogP contribution >= 0.6 is 0 Å². The molecule has 0 saturated carbocycles. The van der Waals surface area contributed by atoms with Gasteiger partial charge >= 0.3 is 0 Å². The number of nitrogens with zero attached hydrogens (tertiary/aromatic N) is 2. The summed E-state index contributed by atoms with van der Waals surface area (Å²) in [4.78, 5) is 13.8. The van der Waals surface area contributed by atoms with Crippen molar-refractivity contribution in [3.8, 4) is 5.75 Å². The van der Waals surface area contributed by atoms with Crippen LogP contribution in [0, 0.1) is 0 Å². The lowest BCUT2D eigenvalue weighted by atomic mass is 10.2. The first-order valence-electron chi connectivity index (χ1n) is 6.91. The maximum absolute atomic E-state index is 11.7. The van der Waals surface area contributed by atoms with Crippen LogP contribution in [-0.2, 0) is 6.54 Å². The zero-order chi connectivity index (χ0) is 15.1. The third kappa shape index (κ3) is 4.10. The Hall–Kier alpha value is -1.81. The fraction of sp³-hybridized carbons (Fsp3) is 0.438. The molecule has 0 amide bonds. The molecule has 1 unspecified atom stereocenters. The van der Waals surface area contributed by atoms with Crippen molar-refractivity contribution in [1.82, 2.24) is 9.47 Å². The van der Waals surface area contributed by atoms with Gasteiger partial charge in [0.2, 0.25) is 5.43 Å². The van der Waals surface area contributed by atoms with Gasteiger partial charge in [-0.05, 0) is 13.3 Å². The van der Waals surface area contributed by atoms with Gasteiger partial charge in [0.1, 0.15) is 0 Å². The van der Waals surface area contributed by atoms with E-state index >= 15 is 0 Å². The van der Waals surface area contributed by atoms with E-state index in [1.54, 1.807) is 0 Å². The molecule has 0 radical (unpaired) electrons. The average molecular weight is 276 g/mol. The van der Waals surface area contributed by atoms with Crippen LogP contribution in [0.4, 0.5) is 0 Å². The van der Waals surface area contributed by atoms with Crippen molar-refractivity contribution in [3.63, 3.8) is 0 Å². The topological polar surface area (TPSA) is 45.5 Å². The highest BCUT2D eigenvalue weighted by molar-refractivity contribution is 5.21. The molecule has 1 rings (SSSR count). The number of aromatic nitrogens is 1. The van der Waals surface area contributed by atoms with Crippen LogP contribution in [0.15, 0.2) is 42.4 Å². The summed E-state index contributed by atoms with van der Waals surface area (Å²) in [6.45, 7) is 13.7. The summed E-state index contributed by atoms with van der Waals surface area (Å²) in [5, 5.41) is 9.63. The van der Waals surface area contributed by atoms with Crippen molar-refractivity contribution in [2.24, 2.45) is 0 Å². The van der Waals surface area contributed by atoms with Crippen LogP contribution in [0.5, 0.6) is 5.75 Å². The van der Waals surface area contributed by atoms with Crippen molar-refractivity contribution in [3.05, 3.63) is 53.5 Å². The summed E-state index contributed by atoms with van der Waals surface area (Å²) in [6, 6.07) is 1.74. The Bertz CT molecular complexity index is 510. The van der Waals surface area contributed by atoms with Gasteiger partial charge in [0.25, 0.3) is 0 Å². The van der Waals surface area contributed by atoms with Crippen LogP contribution in [0.3, 0.4) is 0 Å². The predicted molar refractivity (Wildman–Crippen MR) is 83.0 cm³/mol. The van der Waals surface area contributed by atoms with E-state index in [2.05, 4.69) is 31.9 Å². The maximum atomic E-state index is 11.7. The summed E-state index contributed by atoms with van der Waals surface area (Å²) >= 11 is 0. The van der Waals surface area contributed by atoms with Gasteiger partial charge in [0.05, 0.1) is 6.20 Å². The Labute approximate surface area is 120 Å². The first-order valence-corrected chi connectivity index (χ1v) is 6.91. The standard InChI is InChI=1S/C16H24N2O2/c1-5-8-17(9-6-2)11-14-10-15(19)16(20)12-18(14)13(4)7-3/h5-6,10,12-13,20H,1-2,7-9,11H2,3-4H3. The lowest BCUT2D eigenvalue weighted by Crippen LogP contribution is -2.27. The Morgan fingerprint density at radius 1 is 1.40 bits per heavy atom. The van der Waals surface area contributed by atoms with E-state index in [-0.39, 0.29) is 17.2 Å². The molecule has 0 aliphatic rings. The van der Waals surface area contributed by atoms with Crippen molar-refractivity contribution < 1.29 is 5.11 Å². The number of rotatable bonds is 8. The van der Waals surface area contributed by atoms with E-state index in [0.29, 0.717) is 6.54 Å². The molecule has 0 aliphatic carbocycles. The Balaban J connectivity index is 3.13. The van der Waals surface area contributed by atoms with Gasteiger partial charge in [0, 0.05) is 37.4 Å². The summed E-state index contributed by atoms with van der Waals surface area (Å²) in [7, 11) is 0. The van der Waals surface area contributed by atoms with E-state index in [9.17, 15) is 9.90 Å². The lowest BCUT2D eigenvalue weighted by molar-refractivity contribution is 0.310. The van der Waals surface area contributed by atoms with Crippen molar-refractivity contribution in [1.29, 1.82) is 0 Å². The van der Waals surface area contributed by atoms with E-state index in [4.69, 9.17) is 0 Å². The zero-order valence-electron chi connectivity index (χ0n) is 12.4. The molecule has 4 nitrogen and oxygen atoms in total. The molecule has 1 N–H and O–H groups in total. The highest BCUT2D eigenvalue weighted by Gasteiger charge is 2.12. The fourth-order valence-electron chi connectivity index (χ4n) is 2.11. The SMILES string of the molecule is C=CCN(CC=C)Cc1cc(=O)c(O)cn1C(C)CC. The summed E-state index contributed by atoms with van der Waals surface area (Å²) in [6.07, 6.45) is 6.12. The minimum atomic E-state index is -0.336. The van der Waals surface area contributed by atoms with Gasteiger partial charge < -0.3 is 9.67 Å². The largest absolute Gasteiger partial charge is 0.503 e. The molecule has 0 aromatic carbocycles. The third-order valence-corrected chi connectivity index (χ3v) is 3.37. The van der Waals surface area contributed by atoms with Crippen molar-refractivity contribution >= 4 is 0 Å². The van der Waals surface area contributed by atoms with Gasteiger partial charge in [-0.15, -0.1) is 13.2 Å². The molecular weight excluding hydrogens is 252 g/mol. The number of hydrogen-bond acceptors (Lipinski definition) is 3. The third-order valence-electron chi connectivity index (χ3n) is 3.37. The number of aromatic hydroxyl groups is 1. The molecule has 110 valence electrons. The van der Waals surface area contributed by atoms with Crippen LogP contribution in [-0.4, -0.2) is 27.7 Å². The summed E-state index contributed by atoms with van der Waals surface area (Å²) in [5.74, 6) is -0.201. The molecule has 1 aromatic rings. The zero-order valence-corrected chi connectivity index (χ0v) is 12.4. The minimum absolute atomic E-state index is 0.201. The highest BCUT2D eigenvalue weighted by atomic mass is 16.3. The normalized spacial score (nSPS) is 12.3. The first-order chi connectivity index (χ1) is 9.53. The van der Waals surface area contributed by atoms with Crippen molar-refractivity contribution in [2.75, 3.05) is 13.1 Å². The van der Waals surface area contributed by atoms with Gasteiger partial charge in [-0.3, -0.25) is 9.69 Å². The molecule has 1 heterocycles. The second-order valence-corrected chi connectivity index (χ2v) is 4.95. The smallest absolute Gasteiger partial charge is 0.223 e. The van der Waals surface area contributed by atoms with E-state index < -0.39 is 0 Å². The fourth-order valence-corrected chi connectivity index (χ4v) is 2.11. The second kappa shape index (κ2) is 7.70. The monoisotopic (exact) mass is 276 g/mol. The first kappa shape index (κ1) is 16.2. The molecule has 4 heteroatoms. The Morgan fingerprint density at radius 3 is 2.50 bits per heavy atom. The van der Waals surface area contributed by atoms with Crippen LogP contribution in [0.1, 0.15) is 32.0 Å². The minimum Gasteiger partial charge on any atom is -0.503 e. The Kier molecular flexibility index (Phi) is 6.25. The quantitative estimate of drug-likeness (QED) is 0.743. The van der Waals surface area contributed by atoms with E-state index in [1.807, 2.05) is 16.7 Å². The van der Waals surface area contributed by atoms with Gasteiger partial charge in [-0.2, -0.15) is 0 Å². The molecular formula is C16H24N2O2. The molecule has 0 fully saturated rings. The van der Waals surface area contributed by atoms with Gasteiger partial charge in [-0.25, -0.2) is 0 Å². The van der Waals surface area contributed by atoms with Gasteiger partial charge in [0.15, 0.2) is 5.75 Å². The predicted octanol–water partition coefficient (Wildman–Crippen LogP) is 2.70. The van der Waals surface area contributed by atoms with Crippen LogP contribution in [0.25, 0.3) is 0 Å². The van der Waals surface area contributed by atoms with Gasteiger partial charge in [-0.1, -0.05) is 19.1 Å². The van der Waals surface area contributed by atoms with Crippen LogP contribution < -0.4 is 5.43 Å². The molecule has 0 aliphatic heterocycles. The lowest BCUT2D eigenvalue weighted by Gasteiger charge is -2.24. The highest BCUT2D eigenvalue weighted by Crippen LogP contribution is 2.17. The van der Waals surface area contributed by atoms with Crippen molar-refractivity contribution in [2.45, 2.75) is 32.9 Å². The van der Waals surface area contributed by atoms with E-state index in [0.717, 1.165) is 25.2 Å². The van der Waals surface area contributed by atoms with Crippen LogP contribution in [0.2, 0.25) is 0 Å². The molecule has 0 spiro atoms. The second-order valence-electron chi connectivity index (χ2n) is 4.95.